The molecule has 2 fully saturated rings. The lowest BCUT2D eigenvalue weighted by molar-refractivity contribution is 0.270. The Hall–Kier alpha value is -2.05. The van der Waals surface area contributed by atoms with E-state index in [9.17, 15) is 5.26 Å². The Morgan fingerprint density at radius 3 is 2.67 bits per heavy atom. The van der Waals surface area contributed by atoms with Crippen molar-refractivity contribution >= 4 is 0 Å². The number of nitrogens with one attached hydrogen (secondary N) is 1. The van der Waals surface area contributed by atoms with Crippen molar-refractivity contribution in [1.29, 1.82) is 5.26 Å². The Morgan fingerprint density at radius 2 is 2.04 bits per heavy atom. The molecule has 1 heterocycles. The highest BCUT2D eigenvalue weighted by Crippen LogP contribution is 2.50. The van der Waals surface area contributed by atoms with Crippen LogP contribution in [0.4, 0.5) is 0 Å². The van der Waals surface area contributed by atoms with Crippen LogP contribution in [-0.4, -0.2) is 6.04 Å². The number of nitriles is 1. The molecule has 4 rings (SSSR count). The van der Waals surface area contributed by atoms with Gasteiger partial charge in [-0.2, -0.15) is 5.26 Å². The smallest absolute Gasteiger partial charge is 0.165 e. The van der Waals surface area contributed by atoms with Crippen molar-refractivity contribution in [2.45, 2.75) is 50.1 Å². The van der Waals surface area contributed by atoms with Gasteiger partial charge in [0.05, 0.1) is 12.3 Å². The largest absolute Gasteiger partial charge is 0.466 e. The minimum Gasteiger partial charge on any atom is -0.466 e. The van der Waals surface area contributed by atoms with Crippen LogP contribution in [0.25, 0.3) is 0 Å². The predicted octanol–water partition coefficient (Wildman–Crippen LogP) is 4.58. The molecule has 0 bridgehead atoms. The van der Waals surface area contributed by atoms with E-state index in [1.165, 1.54) is 24.8 Å². The van der Waals surface area contributed by atoms with Gasteiger partial charge in [0.1, 0.15) is 5.76 Å². The molecule has 4 unspecified atom stereocenters. The lowest BCUT2D eigenvalue weighted by atomic mass is 9.89. The highest BCUT2D eigenvalue weighted by Gasteiger charge is 2.47. The van der Waals surface area contributed by atoms with Crippen LogP contribution in [0.2, 0.25) is 0 Å². The van der Waals surface area contributed by atoms with Crippen LogP contribution in [0.15, 0.2) is 53.1 Å². The summed E-state index contributed by atoms with van der Waals surface area (Å²) in [6, 6.07) is 17.4. The second kappa shape index (κ2) is 6.11. The molecule has 124 valence electrons. The zero-order valence-electron chi connectivity index (χ0n) is 14.1. The summed E-state index contributed by atoms with van der Waals surface area (Å²) < 4.78 is 5.65. The molecular formula is C21H24N2O. The fourth-order valence-electron chi connectivity index (χ4n) is 3.99. The van der Waals surface area contributed by atoms with E-state index < -0.39 is 5.54 Å². The lowest BCUT2D eigenvalue weighted by Gasteiger charge is -2.30. The molecule has 1 aromatic heterocycles. The third-order valence-electron chi connectivity index (χ3n) is 5.61. The minimum atomic E-state index is -0.687. The zero-order chi connectivity index (χ0) is 16.6. The summed E-state index contributed by atoms with van der Waals surface area (Å²) in [5.41, 5.74) is 0.729. The van der Waals surface area contributed by atoms with Gasteiger partial charge < -0.3 is 4.42 Å². The maximum atomic E-state index is 9.99. The maximum Gasteiger partial charge on any atom is 0.165 e. The highest BCUT2D eigenvalue weighted by atomic mass is 16.3. The van der Waals surface area contributed by atoms with Gasteiger partial charge in [-0.05, 0) is 55.2 Å². The molecule has 24 heavy (non-hydrogen) atoms. The molecule has 0 saturated heterocycles. The molecule has 0 spiro atoms. The Morgan fingerprint density at radius 1 is 1.25 bits per heavy atom. The molecule has 2 saturated carbocycles. The summed E-state index contributed by atoms with van der Waals surface area (Å²) in [6.07, 6.45) is 6.18. The Balaban J connectivity index is 1.50. The highest BCUT2D eigenvalue weighted by molar-refractivity contribution is 5.28. The average molecular weight is 320 g/mol. The first-order valence-corrected chi connectivity index (χ1v) is 9.00. The van der Waals surface area contributed by atoms with Gasteiger partial charge in [-0.25, -0.2) is 0 Å². The van der Waals surface area contributed by atoms with Gasteiger partial charge >= 0.3 is 0 Å². The molecule has 2 aromatic rings. The first-order valence-electron chi connectivity index (χ1n) is 9.00. The van der Waals surface area contributed by atoms with Crippen molar-refractivity contribution in [3.05, 3.63) is 60.1 Å². The second-order valence-electron chi connectivity index (χ2n) is 7.49. The summed E-state index contributed by atoms with van der Waals surface area (Å²) in [5, 5.41) is 13.6. The van der Waals surface area contributed by atoms with Crippen LogP contribution in [0, 0.1) is 23.2 Å². The maximum absolute atomic E-state index is 9.99. The number of hydrogen-bond donors (Lipinski definition) is 1. The molecule has 3 nitrogen and oxygen atoms in total. The zero-order valence-corrected chi connectivity index (χ0v) is 14.1. The normalized spacial score (nSPS) is 26.3. The van der Waals surface area contributed by atoms with Crippen LogP contribution in [0.3, 0.4) is 0 Å². The molecule has 0 radical (unpaired) electrons. The molecule has 4 atom stereocenters. The quantitative estimate of drug-likeness (QED) is 0.812. The summed E-state index contributed by atoms with van der Waals surface area (Å²) in [6.45, 7) is 2.22. The van der Waals surface area contributed by atoms with Gasteiger partial charge in [-0.1, -0.05) is 43.2 Å². The van der Waals surface area contributed by atoms with E-state index in [4.69, 9.17) is 4.42 Å². The second-order valence-corrected chi connectivity index (χ2v) is 7.49. The van der Waals surface area contributed by atoms with Gasteiger partial charge in [0.25, 0.3) is 0 Å². The topological polar surface area (TPSA) is 49.0 Å². The van der Waals surface area contributed by atoms with E-state index in [0.717, 1.165) is 12.2 Å². The van der Waals surface area contributed by atoms with Gasteiger partial charge in [0, 0.05) is 6.04 Å². The average Bonchev–Trinajstić information content (AvgIpc) is 3.53. The Labute approximate surface area is 143 Å². The summed E-state index contributed by atoms with van der Waals surface area (Å²) in [5.74, 6) is 2.62. The van der Waals surface area contributed by atoms with Crippen molar-refractivity contribution in [3.8, 4) is 6.07 Å². The molecule has 1 aromatic carbocycles. The van der Waals surface area contributed by atoms with E-state index in [0.29, 0.717) is 23.8 Å². The van der Waals surface area contributed by atoms with Gasteiger partial charge in [0.2, 0.25) is 0 Å². The third kappa shape index (κ3) is 2.99. The third-order valence-corrected chi connectivity index (χ3v) is 5.61. The molecule has 3 heteroatoms. The van der Waals surface area contributed by atoms with E-state index in [2.05, 4.69) is 48.6 Å². The summed E-state index contributed by atoms with van der Waals surface area (Å²) in [7, 11) is 0. The van der Waals surface area contributed by atoms with Crippen molar-refractivity contribution in [1.82, 2.24) is 5.32 Å². The van der Waals surface area contributed by atoms with Crippen molar-refractivity contribution < 1.29 is 4.42 Å². The number of benzene rings is 1. The Bertz CT molecular complexity index is 714. The van der Waals surface area contributed by atoms with Crippen LogP contribution in [0.5, 0.6) is 0 Å². The number of nitrogens with zero attached hydrogens (tertiary/aromatic N) is 1. The van der Waals surface area contributed by atoms with Crippen molar-refractivity contribution in [3.63, 3.8) is 0 Å². The van der Waals surface area contributed by atoms with Crippen molar-refractivity contribution in [2.75, 3.05) is 0 Å². The Kier molecular flexibility index (Phi) is 3.94. The number of furan rings is 1. The van der Waals surface area contributed by atoms with Crippen LogP contribution in [0.1, 0.15) is 49.8 Å². The van der Waals surface area contributed by atoms with Gasteiger partial charge in [0.15, 0.2) is 5.54 Å². The van der Waals surface area contributed by atoms with E-state index in [-0.39, 0.29) is 0 Å². The lowest BCUT2D eigenvalue weighted by Crippen LogP contribution is -2.47. The molecule has 1 N–H and O–H groups in total. The molecule has 2 aliphatic rings. The van der Waals surface area contributed by atoms with Crippen LogP contribution < -0.4 is 5.32 Å². The summed E-state index contributed by atoms with van der Waals surface area (Å²) in [4.78, 5) is 0. The first kappa shape index (κ1) is 15.5. The molecule has 0 aliphatic heterocycles. The fourth-order valence-corrected chi connectivity index (χ4v) is 3.99. The number of rotatable bonds is 7. The molecule has 2 aliphatic carbocycles. The predicted molar refractivity (Wildman–Crippen MR) is 93.2 cm³/mol. The monoisotopic (exact) mass is 320 g/mol. The summed E-state index contributed by atoms with van der Waals surface area (Å²) >= 11 is 0. The van der Waals surface area contributed by atoms with E-state index >= 15 is 0 Å². The van der Waals surface area contributed by atoms with E-state index in [1.807, 2.05) is 12.1 Å². The fraction of sp³-hybridized carbons (Fsp3) is 0.476. The van der Waals surface area contributed by atoms with Crippen LogP contribution in [-0.2, 0) is 5.54 Å². The standard InChI is InChI=1S/C21H24N2O/c1-15(18-12-19(18)17-6-3-2-4-7-17)23-21(14-22,13-16-9-10-16)20-8-5-11-24-20/h2-8,11,15-16,18-19,23H,9-10,12-13H2,1H3. The first-order chi connectivity index (χ1) is 11.7. The van der Waals surface area contributed by atoms with Gasteiger partial charge in [-0.15, -0.1) is 0 Å². The van der Waals surface area contributed by atoms with Crippen molar-refractivity contribution in [2.24, 2.45) is 11.8 Å². The SMILES string of the molecule is CC(NC(C#N)(CC1CC1)c1ccco1)C1CC1c1ccccc1. The molecular weight excluding hydrogens is 296 g/mol. The van der Waals surface area contributed by atoms with Crippen LogP contribution >= 0.6 is 0 Å². The number of hydrogen-bond acceptors (Lipinski definition) is 3. The van der Waals surface area contributed by atoms with E-state index in [1.54, 1.807) is 6.26 Å². The molecule has 0 amide bonds. The minimum absolute atomic E-state index is 0.290. The van der Waals surface area contributed by atoms with Gasteiger partial charge in [-0.3, -0.25) is 5.32 Å².